The summed E-state index contributed by atoms with van der Waals surface area (Å²) in [6, 6.07) is 9.24. The molecule has 22 heavy (non-hydrogen) atoms. The van der Waals surface area contributed by atoms with Crippen molar-refractivity contribution in [3.63, 3.8) is 0 Å². The van der Waals surface area contributed by atoms with Gasteiger partial charge in [-0.15, -0.1) is 0 Å². The van der Waals surface area contributed by atoms with E-state index in [1.54, 1.807) is 17.0 Å². The predicted molar refractivity (Wildman–Crippen MR) is 82.6 cm³/mol. The summed E-state index contributed by atoms with van der Waals surface area (Å²) in [5.74, 6) is -0.255. The van der Waals surface area contributed by atoms with E-state index in [1.807, 2.05) is 44.2 Å². The number of carbonyl (C=O) groups is 1. The molecule has 1 atom stereocenters. The van der Waals surface area contributed by atoms with Crippen LogP contribution >= 0.6 is 0 Å². The third-order valence-corrected chi connectivity index (χ3v) is 3.55. The molecule has 2 rings (SSSR count). The molecular weight excluding hydrogens is 282 g/mol. The molecule has 6 heteroatoms. The Balaban J connectivity index is 2.21. The minimum absolute atomic E-state index is 0.0781. The molecule has 0 aliphatic carbocycles. The summed E-state index contributed by atoms with van der Waals surface area (Å²) in [7, 11) is 0. The first-order valence-corrected chi connectivity index (χ1v) is 7.21. The monoisotopic (exact) mass is 301 g/mol. The number of hydrogen-bond acceptors (Lipinski definition) is 4. The topological polar surface area (TPSA) is 78.0 Å². The lowest BCUT2D eigenvalue weighted by molar-refractivity contribution is -0.483. The van der Waals surface area contributed by atoms with Crippen molar-refractivity contribution in [3.8, 4) is 0 Å². The number of ketones is 1. The molecule has 0 amide bonds. The van der Waals surface area contributed by atoms with Crippen LogP contribution in [0.15, 0.2) is 42.7 Å². The van der Waals surface area contributed by atoms with E-state index < -0.39 is 5.92 Å². The summed E-state index contributed by atoms with van der Waals surface area (Å²) in [5.41, 5.74) is 0.801. The van der Waals surface area contributed by atoms with Gasteiger partial charge in [0.2, 0.25) is 6.54 Å². The normalized spacial score (nSPS) is 12.3. The molecule has 1 aromatic heterocycles. The molecule has 0 unspecified atom stereocenters. The highest BCUT2D eigenvalue weighted by molar-refractivity contribution is 5.93. The van der Waals surface area contributed by atoms with E-state index >= 15 is 0 Å². The van der Waals surface area contributed by atoms with E-state index in [4.69, 9.17) is 0 Å². The Morgan fingerprint density at radius 3 is 2.59 bits per heavy atom. The van der Waals surface area contributed by atoms with Crippen LogP contribution in [0, 0.1) is 10.1 Å². The van der Waals surface area contributed by atoms with Crippen molar-refractivity contribution in [1.82, 2.24) is 9.55 Å². The van der Waals surface area contributed by atoms with E-state index in [9.17, 15) is 14.9 Å². The van der Waals surface area contributed by atoms with Crippen molar-refractivity contribution in [2.75, 3.05) is 6.54 Å². The highest BCUT2D eigenvalue weighted by Crippen LogP contribution is 2.22. The van der Waals surface area contributed by atoms with Gasteiger partial charge in [-0.05, 0) is 19.4 Å². The second-order valence-electron chi connectivity index (χ2n) is 5.50. The van der Waals surface area contributed by atoms with E-state index in [1.165, 1.54) is 0 Å². The molecule has 0 radical (unpaired) electrons. The van der Waals surface area contributed by atoms with E-state index in [-0.39, 0.29) is 29.7 Å². The Kier molecular flexibility index (Phi) is 5.04. The predicted octanol–water partition coefficient (Wildman–Crippen LogP) is 3.10. The van der Waals surface area contributed by atoms with Crippen molar-refractivity contribution in [1.29, 1.82) is 0 Å². The van der Waals surface area contributed by atoms with Crippen LogP contribution < -0.4 is 0 Å². The molecule has 6 nitrogen and oxygen atoms in total. The first-order chi connectivity index (χ1) is 10.5. The average Bonchev–Trinajstić information content (AvgIpc) is 2.96. The summed E-state index contributed by atoms with van der Waals surface area (Å²) < 4.78 is 1.79. The van der Waals surface area contributed by atoms with Gasteiger partial charge in [-0.3, -0.25) is 14.9 Å². The summed E-state index contributed by atoms with van der Waals surface area (Å²) in [6.07, 6.45) is 3.41. The number of hydrogen-bond donors (Lipinski definition) is 0. The van der Waals surface area contributed by atoms with Crippen LogP contribution in [0.3, 0.4) is 0 Å². The number of imidazole rings is 1. The van der Waals surface area contributed by atoms with Crippen LogP contribution in [0.1, 0.15) is 48.4 Å². The lowest BCUT2D eigenvalue weighted by Gasteiger charge is -2.14. The molecule has 2 aromatic rings. The number of rotatable bonds is 7. The zero-order valence-corrected chi connectivity index (χ0v) is 12.7. The Bertz CT molecular complexity index is 650. The number of nitro groups is 1. The maximum absolute atomic E-state index is 12.5. The molecular formula is C16H19N3O3. The Labute approximate surface area is 128 Å². The minimum Gasteiger partial charge on any atom is -0.326 e. The van der Waals surface area contributed by atoms with Crippen LogP contribution in [-0.4, -0.2) is 26.8 Å². The van der Waals surface area contributed by atoms with Crippen molar-refractivity contribution < 1.29 is 9.72 Å². The van der Waals surface area contributed by atoms with Gasteiger partial charge in [0.1, 0.15) is 0 Å². The van der Waals surface area contributed by atoms with Gasteiger partial charge in [0.15, 0.2) is 11.6 Å². The lowest BCUT2D eigenvalue weighted by atomic mass is 9.93. The SMILES string of the molecule is CC(C)n1ccnc1C(=O)C[C@@H](C[N+](=O)[O-])c1ccccc1. The number of aromatic nitrogens is 2. The van der Waals surface area contributed by atoms with Gasteiger partial charge in [-0.2, -0.15) is 0 Å². The zero-order valence-electron chi connectivity index (χ0n) is 12.7. The van der Waals surface area contributed by atoms with Gasteiger partial charge in [0.05, 0.1) is 5.92 Å². The molecule has 0 aliphatic heterocycles. The maximum atomic E-state index is 12.5. The van der Waals surface area contributed by atoms with Gasteiger partial charge < -0.3 is 4.57 Å². The summed E-state index contributed by atoms with van der Waals surface area (Å²) >= 11 is 0. The quantitative estimate of drug-likeness (QED) is 0.447. The van der Waals surface area contributed by atoms with Crippen molar-refractivity contribution >= 4 is 5.78 Å². The fourth-order valence-corrected chi connectivity index (χ4v) is 2.45. The van der Waals surface area contributed by atoms with Crippen molar-refractivity contribution in [3.05, 3.63) is 64.2 Å². The lowest BCUT2D eigenvalue weighted by Crippen LogP contribution is -2.19. The second-order valence-corrected chi connectivity index (χ2v) is 5.50. The number of carbonyl (C=O) groups excluding carboxylic acids is 1. The Morgan fingerprint density at radius 1 is 1.32 bits per heavy atom. The third kappa shape index (κ3) is 3.78. The van der Waals surface area contributed by atoms with Crippen LogP contribution in [0.4, 0.5) is 0 Å². The van der Waals surface area contributed by atoms with Crippen LogP contribution in [-0.2, 0) is 0 Å². The molecule has 0 N–H and O–H groups in total. The van der Waals surface area contributed by atoms with Gasteiger partial charge in [-0.1, -0.05) is 30.3 Å². The van der Waals surface area contributed by atoms with Crippen LogP contribution in [0.2, 0.25) is 0 Å². The molecule has 1 aromatic carbocycles. The molecule has 0 saturated heterocycles. The molecule has 0 bridgehead atoms. The van der Waals surface area contributed by atoms with Crippen LogP contribution in [0.5, 0.6) is 0 Å². The molecule has 0 spiro atoms. The Morgan fingerprint density at radius 2 is 2.00 bits per heavy atom. The molecule has 116 valence electrons. The fourth-order valence-electron chi connectivity index (χ4n) is 2.45. The standard InChI is InChI=1S/C16H19N3O3/c1-12(2)18-9-8-17-16(18)15(20)10-14(11-19(21)22)13-6-4-3-5-7-13/h3-9,12,14H,10-11H2,1-2H3/t14-/m0/s1. The van der Waals surface area contributed by atoms with E-state index in [0.717, 1.165) is 5.56 Å². The first kappa shape index (κ1) is 15.9. The Hall–Kier alpha value is -2.50. The average molecular weight is 301 g/mol. The zero-order chi connectivity index (χ0) is 16.1. The molecule has 0 fully saturated rings. The molecule has 1 heterocycles. The maximum Gasteiger partial charge on any atom is 0.211 e. The highest BCUT2D eigenvalue weighted by atomic mass is 16.6. The minimum atomic E-state index is -0.444. The van der Waals surface area contributed by atoms with Gasteiger partial charge >= 0.3 is 0 Å². The number of benzene rings is 1. The van der Waals surface area contributed by atoms with Crippen LogP contribution in [0.25, 0.3) is 0 Å². The third-order valence-electron chi connectivity index (χ3n) is 3.55. The van der Waals surface area contributed by atoms with Crippen molar-refractivity contribution in [2.45, 2.75) is 32.2 Å². The molecule has 0 saturated carbocycles. The van der Waals surface area contributed by atoms with Gasteiger partial charge in [0, 0.05) is 29.8 Å². The second kappa shape index (κ2) is 6.98. The summed E-state index contributed by atoms with van der Waals surface area (Å²) in [6.45, 7) is 3.66. The fraction of sp³-hybridized carbons (Fsp3) is 0.375. The van der Waals surface area contributed by atoms with E-state index in [0.29, 0.717) is 5.82 Å². The molecule has 0 aliphatic rings. The highest BCUT2D eigenvalue weighted by Gasteiger charge is 2.24. The smallest absolute Gasteiger partial charge is 0.211 e. The number of nitrogens with zero attached hydrogens (tertiary/aromatic N) is 3. The number of Topliss-reactive ketones (excluding diaryl/α,β-unsaturated/α-hetero) is 1. The van der Waals surface area contributed by atoms with Crippen molar-refractivity contribution in [2.24, 2.45) is 0 Å². The van der Waals surface area contributed by atoms with Gasteiger partial charge in [-0.25, -0.2) is 4.98 Å². The summed E-state index contributed by atoms with van der Waals surface area (Å²) in [5, 5.41) is 10.9. The van der Waals surface area contributed by atoms with E-state index in [2.05, 4.69) is 4.98 Å². The largest absolute Gasteiger partial charge is 0.326 e. The first-order valence-electron chi connectivity index (χ1n) is 7.21. The van der Waals surface area contributed by atoms with Gasteiger partial charge in [0.25, 0.3) is 0 Å². The summed E-state index contributed by atoms with van der Waals surface area (Å²) in [4.78, 5) is 27.1.